The summed E-state index contributed by atoms with van der Waals surface area (Å²) in [5, 5.41) is 9.49. The molecule has 0 aliphatic carbocycles. The van der Waals surface area contributed by atoms with Crippen molar-refractivity contribution >= 4 is 9.84 Å². The number of pyridine rings is 1. The molecular weight excluding hydrogens is 376 g/mol. The van der Waals surface area contributed by atoms with E-state index in [0.717, 1.165) is 11.3 Å². The molecule has 4 rings (SSSR count). The highest BCUT2D eigenvalue weighted by Gasteiger charge is 2.25. The lowest BCUT2D eigenvalue weighted by molar-refractivity contribution is 0.400. The number of nitrogens with zero attached hydrogens (tertiary/aromatic N) is 4. The van der Waals surface area contributed by atoms with Crippen molar-refractivity contribution in [1.82, 2.24) is 20.0 Å². The summed E-state index contributed by atoms with van der Waals surface area (Å²) in [4.78, 5) is 4.63. The van der Waals surface area contributed by atoms with E-state index in [4.69, 9.17) is 4.74 Å². The molecule has 2 aromatic heterocycles. The topological polar surface area (TPSA) is 87.0 Å². The first-order valence-corrected chi connectivity index (χ1v) is 10.5. The predicted molar refractivity (Wildman–Crippen MR) is 107 cm³/mol. The van der Waals surface area contributed by atoms with Crippen LogP contribution in [-0.4, -0.2) is 41.3 Å². The van der Waals surface area contributed by atoms with Crippen LogP contribution in [0.4, 0.5) is 0 Å². The maximum Gasteiger partial charge on any atom is 0.223 e. The number of sulfone groups is 1. The fraction of sp³-hybridized carbons (Fsp3) is 0.250. The number of aryl methyl sites for hydroxylation is 2. The Morgan fingerprint density at radius 2 is 1.93 bits per heavy atom. The second kappa shape index (κ2) is 6.87. The lowest BCUT2D eigenvalue weighted by atomic mass is 10.0. The van der Waals surface area contributed by atoms with Crippen LogP contribution in [0.15, 0.2) is 48.0 Å². The fourth-order valence-electron chi connectivity index (χ4n) is 3.14. The van der Waals surface area contributed by atoms with E-state index in [9.17, 15) is 8.42 Å². The van der Waals surface area contributed by atoms with E-state index >= 15 is 0 Å². The molecule has 0 bridgehead atoms. The summed E-state index contributed by atoms with van der Waals surface area (Å²) in [6.45, 7) is 4.14. The molecule has 0 unspecified atom stereocenters. The van der Waals surface area contributed by atoms with Gasteiger partial charge < -0.3 is 4.74 Å². The standard InChI is InChI=1S/C20H20N4O3S/c1-13-4-5-15(10-14(13)2)18-7-6-17(20(21-18)27-3)19-11-24(23-22-19)16-8-9-28(25,26)12-16/h4-11,16H,12H2,1-3H3/t16-/m1/s1. The van der Waals surface area contributed by atoms with Crippen molar-refractivity contribution in [3.05, 3.63) is 59.1 Å². The Bertz CT molecular complexity index is 1180. The Balaban J connectivity index is 1.67. The molecule has 0 amide bonds. The van der Waals surface area contributed by atoms with Gasteiger partial charge in [0.05, 0.1) is 36.4 Å². The first-order chi connectivity index (χ1) is 13.4. The van der Waals surface area contributed by atoms with Crippen molar-refractivity contribution in [2.24, 2.45) is 0 Å². The van der Waals surface area contributed by atoms with Crippen LogP contribution in [0.2, 0.25) is 0 Å². The number of hydrogen-bond donors (Lipinski definition) is 0. The Morgan fingerprint density at radius 3 is 2.61 bits per heavy atom. The average molecular weight is 396 g/mol. The van der Waals surface area contributed by atoms with Crippen LogP contribution >= 0.6 is 0 Å². The summed E-state index contributed by atoms with van der Waals surface area (Å²) in [6, 6.07) is 9.67. The summed E-state index contributed by atoms with van der Waals surface area (Å²) in [6.07, 6.45) is 3.33. The Labute approximate surface area is 163 Å². The Morgan fingerprint density at radius 1 is 1.11 bits per heavy atom. The third-order valence-corrected chi connectivity index (χ3v) is 6.27. The van der Waals surface area contributed by atoms with E-state index in [1.165, 1.54) is 16.5 Å². The first kappa shape index (κ1) is 18.4. The molecule has 1 aromatic carbocycles. The van der Waals surface area contributed by atoms with Gasteiger partial charge in [-0.25, -0.2) is 18.1 Å². The maximum absolute atomic E-state index is 11.6. The molecule has 28 heavy (non-hydrogen) atoms. The second-order valence-electron chi connectivity index (χ2n) is 6.86. The van der Waals surface area contributed by atoms with Crippen molar-refractivity contribution in [1.29, 1.82) is 0 Å². The summed E-state index contributed by atoms with van der Waals surface area (Å²) in [5.41, 5.74) is 5.52. The van der Waals surface area contributed by atoms with Crippen LogP contribution in [0.25, 0.3) is 22.5 Å². The molecule has 7 nitrogen and oxygen atoms in total. The van der Waals surface area contributed by atoms with Crippen molar-refractivity contribution in [3.63, 3.8) is 0 Å². The molecule has 3 heterocycles. The second-order valence-corrected chi connectivity index (χ2v) is 8.79. The number of rotatable bonds is 4. The highest BCUT2D eigenvalue weighted by atomic mass is 32.2. The minimum atomic E-state index is -3.16. The molecule has 8 heteroatoms. The maximum atomic E-state index is 11.6. The molecule has 0 saturated carbocycles. The van der Waals surface area contributed by atoms with Gasteiger partial charge >= 0.3 is 0 Å². The zero-order valence-electron chi connectivity index (χ0n) is 15.8. The van der Waals surface area contributed by atoms with Crippen LogP contribution in [0.3, 0.4) is 0 Å². The molecular formula is C20H20N4O3S. The molecule has 1 atom stereocenters. The number of ether oxygens (including phenoxy) is 1. The number of hydrogen-bond acceptors (Lipinski definition) is 6. The van der Waals surface area contributed by atoms with E-state index in [2.05, 4.69) is 41.3 Å². The lowest BCUT2D eigenvalue weighted by Gasteiger charge is -2.09. The minimum absolute atomic E-state index is 0.00308. The molecule has 3 aromatic rings. The van der Waals surface area contributed by atoms with Crippen LogP contribution in [-0.2, 0) is 9.84 Å². The SMILES string of the molecule is COc1nc(-c2ccc(C)c(C)c2)ccc1-c1cn([C@@H]2C=CS(=O)(=O)C2)nn1. The highest BCUT2D eigenvalue weighted by molar-refractivity contribution is 7.94. The smallest absolute Gasteiger partial charge is 0.223 e. The van der Waals surface area contributed by atoms with Gasteiger partial charge in [0.2, 0.25) is 5.88 Å². The van der Waals surface area contributed by atoms with Crippen molar-refractivity contribution in [2.75, 3.05) is 12.9 Å². The number of aromatic nitrogens is 4. The third kappa shape index (κ3) is 3.43. The summed E-state index contributed by atoms with van der Waals surface area (Å²) in [7, 11) is -1.60. The fourth-order valence-corrected chi connectivity index (χ4v) is 4.41. The molecule has 0 fully saturated rings. The number of methoxy groups -OCH3 is 1. The van der Waals surface area contributed by atoms with Gasteiger partial charge in [0.25, 0.3) is 0 Å². The van der Waals surface area contributed by atoms with Gasteiger partial charge in [-0.15, -0.1) is 5.10 Å². The summed E-state index contributed by atoms with van der Waals surface area (Å²) < 4.78 is 30.3. The molecule has 0 N–H and O–H groups in total. The number of allylic oxidation sites excluding steroid dienone is 1. The van der Waals surface area contributed by atoms with Gasteiger partial charge in [-0.3, -0.25) is 0 Å². The molecule has 0 spiro atoms. The zero-order valence-corrected chi connectivity index (χ0v) is 16.6. The van der Waals surface area contributed by atoms with Gasteiger partial charge in [0.1, 0.15) is 5.69 Å². The van der Waals surface area contributed by atoms with E-state index in [1.807, 2.05) is 18.2 Å². The van der Waals surface area contributed by atoms with Crippen LogP contribution in [0.1, 0.15) is 17.2 Å². The van der Waals surface area contributed by atoms with Crippen molar-refractivity contribution in [2.45, 2.75) is 19.9 Å². The van der Waals surface area contributed by atoms with Crippen LogP contribution in [0.5, 0.6) is 5.88 Å². The monoisotopic (exact) mass is 396 g/mol. The Hall–Kier alpha value is -3.00. The largest absolute Gasteiger partial charge is 0.480 e. The first-order valence-electron chi connectivity index (χ1n) is 8.82. The van der Waals surface area contributed by atoms with E-state index in [-0.39, 0.29) is 11.8 Å². The van der Waals surface area contributed by atoms with Gasteiger partial charge in [-0.05, 0) is 49.2 Å². The van der Waals surface area contributed by atoms with Crippen molar-refractivity contribution in [3.8, 4) is 28.4 Å². The lowest BCUT2D eigenvalue weighted by Crippen LogP contribution is -2.12. The van der Waals surface area contributed by atoms with Gasteiger partial charge in [-0.1, -0.05) is 17.3 Å². The highest BCUT2D eigenvalue weighted by Crippen LogP contribution is 2.31. The van der Waals surface area contributed by atoms with Gasteiger partial charge in [0.15, 0.2) is 9.84 Å². The normalized spacial score (nSPS) is 17.8. The third-order valence-electron chi connectivity index (χ3n) is 4.89. The predicted octanol–water partition coefficient (Wildman–Crippen LogP) is 3.12. The molecule has 0 saturated heterocycles. The molecule has 0 radical (unpaired) electrons. The van der Waals surface area contributed by atoms with E-state index < -0.39 is 9.84 Å². The summed E-state index contributed by atoms with van der Waals surface area (Å²) in [5.74, 6) is 0.439. The van der Waals surface area contributed by atoms with Crippen LogP contribution in [0, 0.1) is 13.8 Å². The quantitative estimate of drug-likeness (QED) is 0.673. The molecule has 1 aliphatic rings. The van der Waals surface area contributed by atoms with Crippen LogP contribution < -0.4 is 4.74 Å². The van der Waals surface area contributed by atoms with Crippen molar-refractivity contribution < 1.29 is 13.2 Å². The zero-order chi connectivity index (χ0) is 19.9. The Kier molecular flexibility index (Phi) is 4.50. The minimum Gasteiger partial charge on any atom is -0.480 e. The summed E-state index contributed by atoms with van der Waals surface area (Å²) >= 11 is 0. The molecule has 144 valence electrons. The molecule has 1 aliphatic heterocycles. The van der Waals surface area contributed by atoms with E-state index in [0.29, 0.717) is 17.1 Å². The van der Waals surface area contributed by atoms with E-state index in [1.54, 1.807) is 24.1 Å². The average Bonchev–Trinajstić information content (AvgIpc) is 3.30. The number of benzene rings is 1. The van der Waals surface area contributed by atoms with Gasteiger partial charge in [0, 0.05) is 11.0 Å². The van der Waals surface area contributed by atoms with Gasteiger partial charge in [-0.2, -0.15) is 0 Å².